The van der Waals surface area contributed by atoms with Crippen molar-refractivity contribution in [2.75, 3.05) is 11.9 Å². The second-order valence-electron chi connectivity index (χ2n) is 5.51. The van der Waals surface area contributed by atoms with E-state index < -0.39 is 11.6 Å². The fourth-order valence-corrected chi connectivity index (χ4v) is 1.57. The van der Waals surface area contributed by atoms with Crippen LogP contribution in [0.25, 0.3) is 0 Å². The van der Waals surface area contributed by atoms with E-state index in [1.165, 1.54) is 0 Å². The second kappa shape index (κ2) is 6.93. The van der Waals surface area contributed by atoms with Gasteiger partial charge in [-0.15, -0.1) is 0 Å². The number of aliphatic carboxylic acids is 1. The van der Waals surface area contributed by atoms with Crippen LogP contribution in [0, 0.1) is 0 Å². The summed E-state index contributed by atoms with van der Waals surface area (Å²) in [7, 11) is 0. The van der Waals surface area contributed by atoms with Crippen molar-refractivity contribution in [2.45, 2.75) is 39.2 Å². The standard InChI is InChI=1S/C15H21NO4/c1-15(2,3)20-14(19)11-6-4-7-12(10-11)16-9-5-8-13(17)18/h4,6-7,10,16H,5,8-9H2,1-3H3,(H,17,18). The normalized spacial score (nSPS) is 10.9. The van der Waals surface area contributed by atoms with Gasteiger partial charge in [0.15, 0.2) is 0 Å². The minimum atomic E-state index is -0.811. The van der Waals surface area contributed by atoms with Crippen LogP contribution in [-0.4, -0.2) is 29.2 Å². The predicted octanol–water partition coefficient (Wildman–Crippen LogP) is 2.92. The molecule has 0 spiro atoms. The summed E-state index contributed by atoms with van der Waals surface area (Å²) in [5.41, 5.74) is 0.726. The highest BCUT2D eigenvalue weighted by Gasteiger charge is 2.17. The van der Waals surface area contributed by atoms with Crippen LogP contribution < -0.4 is 5.32 Å². The van der Waals surface area contributed by atoms with E-state index in [1.807, 2.05) is 26.8 Å². The Kier molecular flexibility index (Phi) is 5.55. The first-order valence-electron chi connectivity index (χ1n) is 6.57. The van der Waals surface area contributed by atoms with Crippen molar-refractivity contribution in [3.05, 3.63) is 29.8 Å². The van der Waals surface area contributed by atoms with Crippen LogP contribution in [0.5, 0.6) is 0 Å². The molecule has 0 aliphatic heterocycles. The molecule has 0 unspecified atom stereocenters. The average Bonchev–Trinajstić information content (AvgIpc) is 2.33. The molecule has 0 saturated carbocycles. The summed E-state index contributed by atoms with van der Waals surface area (Å²) in [6, 6.07) is 6.98. The van der Waals surface area contributed by atoms with Crippen molar-refractivity contribution < 1.29 is 19.4 Å². The topological polar surface area (TPSA) is 75.6 Å². The zero-order chi connectivity index (χ0) is 15.2. The highest BCUT2D eigenvalue weighted by Crippen LogP contribution is 2.15. The molecule has 0 aromatic heterocycles. The lowest BCUT2D eigenvalue weighted by Crippen LogP contribution is -2.23. The number of ether oxygens (including phenoxy) is 1. The molecule has 0 radical (unpaired) electrons. The number of nitrogens with one attached hydrogen (secondary N) is 1. The lowest BCUT2D eigenvalue weighted by atomic mass is 10.1. The fourth-order valence-electron chi connectivity index (χ4n) is 1.57. The van der Waals surface area contributed by atoms with Crippen LogP contribution in [0.3, 0.4) is 0 Å². The van der Waals surface area contributed by atoms with Gasteiger partial charge in [0.2, 0.25) is 0 Å². The van der Waals surface area contributed by atoms with E-state index in [-0.39, 0.29) is 12.4 Å². The number of hydrogen-bond acceptors (Lipinski definition) is 4. The van der Waals surface area contributed by atoms with Crippen molar-refractivity contribution in [1.29, 1.82) is 0 Å². The molecule has 0 aliphatic rings. The summed E-state index contributed by atoms with van der Waals surface area (Å²) >= 11 is 0. The second-order valence-corrected chi connectivity index (χ2v) is 5.51. The molecule has 20 heavy (non-hydrogen) atoms. The van der Waals surface area contributed by atoms with Gasteiger partial charge in [-0.25, -0.2) is 4.79 Å². The third-order valence-electron chi connectivity index (χ3n) is 2.39. The van der Waals surface area contributed by atoms with Gasteiger partial charge < -0.3 is 15.2 Å². The number of carboxylic acid groups (broad SMARTS) is 1. The van der Waals surface area contributed by atoms with Crippen LogP contribution in [0.15, 0.2) is 24.3 Å². The third-order valence-corrected chi connectivity index (χ3v) is 2.39. The number of esters is 1. The SMILES string of the molecule is CC(C)(C)OC(=O)c1cccc(NCCCC(=O)O)c1. The van der Waals surface area contributed by atoms with E-state index >= 15 is 0 Å². The Bertz CT molecular complexity index is 477. The maximum atomic E-state index is 11.9. The fraction of sp³-hybridized carbons (Fsp3) is 0.467. The molecule has 0 fully saturated rings. The lowest BCUT2D eigenvalue weighted by Gasteiger charge is -2.19. The Hall–Kier alpha value is -2.04. The largest absolute Gasteiger partial charge is 0.481 e. The van der Waals surface area contributed by atoms with Crippen molar-refractivity contribution in [1.82, 2.24) is 0 Å². The molecule has 0 heterocycles. The van der Waals surface area contributed by atoms with E-state index in [0.717, 1.165) is 5.69 Å². The van der Waals surface area contributed by atoms with E-state index in [9.17, 15) is 9.59 Å². The third kappa shape index (κ3) is 6.22. The van der Waals surface area contributed by atoms with Gasteiger partial charge in [0.05, 0.1) is 5.56 Å². The van der Waals surface area contributed by atoms with Crippen molar-refractivity contribution in [3.8, 4) is 0 Å². The van der Waals surface area contributed by atoms with Gasteiger partial charge in [-0.05, 0) is 45.4 Å². The summed E-state index contributed by atoms with van der Waals surface area (Å²) < 4.78 is 5.29. The molecule has 0 aliphatic carbocycles. The van der Waals surface area contributed by atoms with Gasteiger partial charge in [0.1, 0.15) is 5.60 Å². The first-order valence-corrected chi connectivity index (χ1v) is 6.57. The number of carbonyl (C=O) groups is 2. The Morgan fingerprint density at radius 1 is 1.30 bits per heavy atom. The number of carbonyl (C=O) groups excluding carboxylic acids is 1. The summed E-state index contributed by atoms with van der Waals surface area (Å²) in [5, 5.41) is 11.6. The van der Waals surface area contributed by atoms with Crippen molar-refractivity contribution in [3.63, 3.8) is 0 Å². The molecule has 0 saturated heterocycles. The van der Waals surface area contributed by atoms with Crippen LogP contribution in [0.1, 0.15) is 44.0 Å². The van der Waals surface area contributed by atoms with Gasteiger partial charge in [-0.2, -0.15) is 0 Å². The van der Waals surface area contributed by atoms with Crippen LogP contribution >= 0.6 is 0 Å². The molecule has 2 N–H and O–H groups in total. The van der Waals surface area contributed by atoms with Crippen molar-refractivity contribution in [2.24, 2.45) is 0 Å². The molecule has 5 heteroatoms. The lowest BCUT2D eigenvalue weighted by molar-refractivity contribution is -0.137. The van der Waals surface area contributed by atoms with Gasteiger partial charge in [-0.3, -0.25) is 4.79 Å². The van der Waals surface area contributed by atoms with Crippen LogP contribution in [0.2, 0.25) is 0 Å². The molecule has 0 bridgehead atoms. The predicted molar refractivity (Wildman–Crippen MR) is 77.0 cm³/mol. The van der Waals surface area contributed by atoms with Crippen LogP contribution in [0.4, 0.5) is 5.69 Å². The molecule has 1 aromatic rings. The number of hydrogen-bond donors (Lipinski definition) is 2. The van der Waals surface area contributed by atoms with E-state index in [4.69, 9.17) is 9.84 Å². The van der Waals surface area contributed by atoms with Gasteiger partial charge in [0, 0.05) is 18.7 Å². The summed E-state index contributed by atoms with van der Waals surface area (Å²) in [6.45, 7) is 6.00. The Morgan fingerprint density at radius 3 is 2.60 bits per heavy atom. The molecule has 110 valence electrons. The molecule has 0 atom stereocenters. The Balaban J connectivity index is 2.57. The van der Waals surface area contributed by atoms with E-state index in [0.29, 0.717) is 18.5 Å². The number of carboxylic acids is 1. The smallest absolute Gasteiger partial charge is 0.338 e. The first kappa shape index (κ1) is 16.0. The summed E-state index contributed by atoms with van der Waals surface area (Å²) in [4.78, 5) is 22.3. The average molecular weight is 279 g/mol. The molecular weight excluding hydrogens is 258 g/mol. The molecule has 1 aromatic carbocycles. The van der Waals surface area contributed by atoms with Crippen LogP contribution in [-0.2, 0) is 9.53 Å². The van der Waals surface area contributed by atoms with Gasteiger partial charge in [0.25, 0.3) is 0 Å². The van der Waals surface area contributed by atoms with E-state index in [2.05, 4.69) is 5.32 Å². The highest BCUT2D eigenvalue weighted by atomic mass is 16.6. The Labute approximate surface area is 118 Å². The van der Waals surface area contributed by atoms with Gasteiger partial charge >= 0.3 is 11.9 Å². The number of anilines is 1. The minimum absolute atomic E-state index is 0.124. The number of benzene rings is 1. The maximum Gasteiger partial charge on any atom is 0.338 e. The first-order chi connectivity index (χ1) is 9.28. The monoisotopic (exact) mass is 279 g/mol. The quantitative estimate of drug-likeness (QED) is 0.618. The summed E-state index contributed by atoms with van der Waals surface area (Å²) in [6.07, 6.45) is 0.657. The maximum absolute atomic E-state index is 11.9. The summed E-state index contributed by atoms with van der Waals surface area (Å²) in [5.74, 6) is -1.18. The number of rotatable bonds is 6. The molecular formula is C15H21NO4. The zero-order valence-corrected chi connectivity index (χ0v) is 12.1. The molecule has 0 amide bonds. The Morgan fingerprint density at radius 2 is 2.00 bits per heavy atom. The molecule has 5 nitrogen and oxygen atoms in total. The van der Waals surface area contributed by atoms with E-state index in [1.54, 1.807) is 18.2 Å². The van der Waals surface area contributed by atoms with Crippen molar-refractivity contribution >= 4 is 17.6 Å². The molecule has 1 rings (SSSR count). The highest BCUT2D eigenvalue weighted by molar-refractivity contribution is 5.90. The minimum Gasteiger partial charge on any atom is -0.481 e. The zero-order valence-electron chi connectivity index (χ0n) is 12.1. The van der Waals surface area contributed by atoms with Gasteiger partial charge in [-0.1, -0.05) is 6.07 Å².